The summed E-state index contributed by atoms with van der Waals surface area (Å²) in [5.41, 5.74) is 0.545. The van der Waals surface area contributed by atoms with Crippen molar-refractivity contribution in [2.24, 2.45) is 0 Å². The molecule has 1 unspecified atom stereocenters. The van der Waals surface area contributed by atoms with Gasteiger partial charge < -0.3 is 0 Å². The molecule has 16 heavy (non-hydrogen) atoms. The fourth-order valence-electron chi connectivity index (χ4n) is 1.95. The fourth-order valence-corrected chi connectivity index (χ4v) is 3.44. The maximum atomic E-state index is 13.6. The molecule has 0 saturated carbocycles. The van der Waals surface area contributed by atoms with Gasteiger partial charge in [0.15, 0.2) is 0 Å². The maximum absolute atomic E-state index is 13.6. The highest BCUT2D eigenvalue weighted by Gasteiger charge is 2.35. The van der Waals surface area contributed by atoms with Gasteiger partial charge >= 0.3 is 0 Å². The van der Waals surface area contributed by atoms with Gasteiger partial charge in [-0.1, -0.05) is 11.6 Å². The normalized spacial score (nSPS) is 24.3. The van der Waals surface area contributed by atoms with E-state index < -0.39 is 4.75 Å². The first-order valence-corrected chi connectivity index (χ1v) is 6.51. The third-order valence-electron chi connectivity index (χ3n) is 2.79. The zero-order chi connectivity index (χ0) is 11.6. The van der Waals surface area contributed by atoms with Crippen LogP contribution in [0.25, 0.3) is 0 Å². The summed E-state index contributed by atoms with van der Waals surface area (Å²) in [4.78, 5) is 0. The van der Waals surface area contributed by atoms with Crippen LogP contribution in [0.5, 0.6) is 0 Å². The van der Waals surface area contributed by atoms with Crippen molar-refractivity contribution in [3.63, 3.8) is 0 Å². The lowest BCUT2D eigenvalue weighted by molar-refractivity contribution is 0.588. The van der Waals surface area contributed by atoms with Gasteiger partial charge in [-0.2, -0.15) is 5.26 Å². The molecule has 84 valence electrons. The zero-order valence-corrected chi connectivity index (χ0v) is 10.2. The summed E-state index contributed by atoms with van der Waals surface area (Å²) < 4.78 is 13.1. The van der Waals surface area contributed by atoms with Crippen molar-refractivity contribution < 1.29 is 4.39 Å². The number of hydrogen-bond donors (Lipinski definition) is 0. The van der Waals surface area contributed by atoms with Gasteiger partial charge in [0.2, 0.25) is 0 Å². The Kier molecular flexibility index (Phi) is 3.41. The van der Waals surface area contributed by atoms with E-state index in [1.54, 1.807) is 17.8 Å². The molecule has 4 heteroatoms. The van der Waals surface area contributed by atoms with Crippen molar-refractivity contribution in [2.45, 2.75) is 24.0 Å². The molecule has 2 rings (SSSR count). The van der Waals surface area contributed by atoms with Crippen LogP contribution in [0.1, 0.15) is 18.4 Å². The van der Waals surface area contributed by atoms with Crippen molar-refractivity contribution >= 4 is 23.4 Å². The van der Waals surface area contributed by atoms with E-state index in [1.165, 1.54) is 12.1 Å². The smallest absolute Gasteiger partial charge is 0.126 e. The number of nitriles is 1. The molecular weight excluding hydrogens is 245 g/mol. The average molecular weight is 256 g/mol. The van der Waals surface area contributed by atoms with Gasteiger partial charge in [0.1, 0.15) is 10.6 Å². The summed E-state index contributed by atoms with van der Waals surface area (Å²) in [6.07, 6.45) is 2.31. The van der Waals surface area contributed by atoms with Crippen molar-refractivity contribution in [3.8, 4) is 6.07 Å². The first-order chi connectivity index (χ1) is 7.65. The van der Waals surface area contributed by atoms with Crippen molar-refractivity contribution in [1.82, 2.24) is 0 Å². The van der Waals surface area contributed by atoms with Crippen LogP contribution >= 0.6 is 23.4 Å². The van der Waals surface area contributed by atoms with E-state index >= 15 is 0 Å². The second kappa shape index (κ2) is 4.65. The van der Waals surface area contributed by atoms with E-state index in [0.717, 1.165) is 18.6 Å². The summed E-state index contributed by atoms with van der Waals surface area (Å²) in [7, 11) is 0. The largest absolute Gasteiger partial charge is 0.207 e. The first-order valence-electron chi connectivity index (χ1n) is 5.14. The lowest BCUT2D eigenvalue weighted by Gasteiger charge is -2.19. The van der Waals surface area contributed by atoms with Gasteiger partial charge in [-0.3, -0.25) is 0 Å². The van der Waals surface area contributed by atoms with E-state index in [4.69, 9.17) is 11.6 Å². The number of halogens is 2. The molecule has 1 atom stereocenters. The van der Waals surface area contributed by atoms with Crippen LogP contribution in [0, 0.1) is 17.1 Å². The highest BCUT2D eigenvalue weighted by molar-refractivity contribution is 8.01. The molecule has 1 nitrogen and oxygen atoms in total. The van der Waals surface area contributed by atoms with Crippen LogP contribution < -0.4 is 0 Å². The summed E-state index contributed by atoms with van der Waals surface area (Å²) >= 11 is 7.46. The third kappa shape index (κ3) is 2.34. The number of rotatable bonds is 2. The summed E-state index contributed by atoms with van der Waals surface area (Å²) in [6, 6.07) is 6.84. The molecule has 0 spiro atoms. The lowest BCUT2D eigenvalue weighted by Crippen LogP contribution is -2.22. The van der Waals surface area contributed by atoms with E-state index in [0.29, 0.717) is 17.0 Å². The number of benzene rings is 1. The minimum Gasteiger partial charge on any atom is -0.207 e. The minimum absolute atomic E-state index is 0.272. The molecular formula is C12H11ClFNS. The fraction of sp³-hybridized carbons (Fsp3) is 0.417. The van der Waals surface area contributed by atoms with Gasteiger partial charge in [-0.15, -0.1) is 11.8 Å². The predicted molar refractivity (Wildman–Crippen MR) is 65.2 cm³/mol. The third-order valence-corrected chi connectivity index (χ3v) is 4.51. The van der Waals surface area contributed by atoms with E-state index in [2.05, 4.69) is 6.07 Å². The molecule has 1 aliphatic rings. The van der Waals surface area contributed by atoms with Crippen LogP contribution in [0.2, 0.25) is 5.02 Å². The van der Waals surface area contributed by atoms with Crippen LogP contribution in [0.3, 0.4) is 0 Å². The van der Waals surface area contributed by atoms with Gasteiger partial charge in [-0.25, -0.2) is 4.39 Å². The van der Waals surface area contributed by atoms with E-state index in [-0.39, 0.29) is 5.82 Å². The van der Waals surface area contributed by atoms with Gasteiger partial charge in [-0.05, 0) is 42.4 Å². The molecule has 1 saturated heterocycles. The molecule has 0 amide bonds. The number of nitrogens with zero attached hydrogens (tertiary/aromatic N) is 1. The van der Waals surface area contributed by atoms with Crippen molar-refractivity contribution in [1.29, 1.82) is 5.26 Å². The molecule has 0 N–H and O–H groups in total. The molecule has 1 heterocycles. The molecule has 1 aromatic carbocycles. The number of hydrogen-bond acceptors (Lipinski definition) is 2. The quantitative estimate of drug-likeness (QED) is 0.802. The summed E-state index contributed by atoms with van der Waals surface area (Å²) in [5, 5.41) is 9.73. The molecule has 0 radical (unpaired) electrons. The maximum Gasteiger partial charge on any atom is 0.126 e. The summed E-state index contributed by atoms with van der Waals surface area (Å²) in [6.45, 7) is 0. The Morgan fingerprint density at radius 2 is 2.38 bits per heavy atom. The Hall–Kier alpha value is -0.720. The second-order valence-corrected chi connectivity index (χ2v) is 5.89. The van der Waals surface area contributed by atoms with E-state index in [1.807, 2.05) is 0 Å². The number of thioether (sulfide) groups is 1. The molecule has 1 aliphatic heterocycles. The Bertz CT molecular complexity index is 435. The zero-order valence-electron chi connectivity index (χ0n) is 8.67. The van der Waals surface area contributed by atoms with Gasteiger partial charge in [0, 0.05) is 11.4 Å². The lowest BCUT2D eigenvalue weighted by atomic mass is 9.95. The van der Waals surface area contributed by atoms with Gasteiger partial charge in [0.05, 0.1) is 6.07 Å². The Balaban J connectivity index is 2.26. The highest BCUT2D eigenvalue weighted by atomic mass is 35.5. The Morgan fingerprint density at radius 3 is 3.00 bits per heavy atom. The molecule has 1 aromatic rings. The molecule has 0 aromatic heterocycles. The van der Waals surface area contributed by atoms with Gasteiger partial charge in [0.25, 0.3) is 0 Å². The minimum atomic E-state index is -0.453. The topological polar surface area (TPSA) is 23.8 Å². The molecule has 0 bridgehead atoms. The van der Waals surface area contributed by atoms with Crippen LogP contribution in [-0.4, -0.2) is 10.5 Å². The van der Waals surface area contributed by atoms with Crippen LogP contribution in [-0.2, 0) is 6.42 Å². The Labute approximate surface area is 104 Å². The molecule has 0 aliphatic carbocycles. The SMILES string of the molecule is N#CC1(Cc2cc(Cl)ccc2F)CCCS1. The van der Waals surface area contributed by atoms with Crippen molar-refractivity contribution in [2.75, 3.05) is 5.75 Å². The van der Waals surface area contributed by atoms with Crippen molar-refractivity contribution in [3.05, 3.63) is 34.6 Å². The van der Waals surface area contributed by atoms with Crippen LogP contribution in [0.15, 0.2) is 18.2 Å². The van der Waals surface area contributed by atoms with Crippen LogP contribution in [0.4, 0.5) is 4.39 Å². The highest BCUT2D eigenvalue weighted by Crippen LogP contribution is 2.40. The standard InChI is InChI=1S/C12H11ClFNS/c13-10-2-3-11(14)9(6-10)7-12(8-15)4-1-5-16-12/h2-3,6H,1,4-5,7H2. The summed E-state index contributed by atoms with van der Waals surface area (Å²) in [5.74, 6) is 0.710. The predicted octanol–water partition coefficient (Wildman–Crippen LogP) is 3.81. The monoisotopic (exact) mass is 255 g/mol. The average Bonchev–Trinajstić information content (AvgIpc) is 2.73. The second-order valence-electron chi connectivity index (χ2n) is 3.97. The first kappa shape index (κ1) is 11.8. The van der Waals surface area contributed by atoms with E-state index in [9.17, 15) is 9.65 Å². The Morgan fingerprint density at radius 1 is 1.56 bits per heavy atom. The molecule has 1 fully saturated rings.